The van der Waals surface area contributed by atoms with E-state index in [9.17, 15) is 4.79 Å². The predicted octanol–water partition coefficient (Wildman–Crippen LogP) is 4.53. The average Bonchev–Trinajstić information content (AvgIpc) is 2.77. The van der Waals surface area contributed by atoms with Crippen LogP contribution in [0.3, 0.4) is 0 Å². The van der Waals surface area contributed by atoms with Gasteiger partial charge in [0.05, 0.1) is 50.2 Å². The van der Waals surface area contributed by atoms with Crippen molar-refractivity contribution in [1.29, 1.82) is 0 Å². The predicted molar refractivity (Wildman–Crippen MR) is 115 cm³/mol. The van der Waals surface area contributed by atoms with E-state index in [2.05, 4.69) is 0 Å². The smallest absolute Gasteiger partial charge is 0.313 e. The van der Waals surface area contributed by atoms with E-state index in [0.717, 1.165) is 11.1 Å². The van der Waals surface area contributed by atoms with Crippen LogP contribution in [-0.2, 0) is 37.0 Å². The molecule has 1 fully saturated rings. The summed E-state index contributed by atoms with van der Waals surface area (Å²) in [6, 6.07) is 20.1. The minimum Gasteiger partial charge on any atom is -0.469 e. The van der Waals surface area contributed by atoms with E-state index in [0.29, 0.717) is 19.6 Å². The second kappa shape index (κ2) is 10.2. The summed E-state index contributed by atoms with van der Waals surface area (Å²) in [5, 5.41) is 0. The Hall–Kier alpha value is -2.21. The number of ether oxygens (including phenoxy) is 4. The summed E-state index contributed by atoms with van der Waals surface area (Å²) < 4.78 is 23.8. The van der Waals surface area contributed by atoms with Crippen LogP contribution >= 0.6 is 0 Å². The van der Waals surface area contributed by atoms with Gasteiger partial charge in [-0.3, -0.25) is 4.79 Å². The first-order chi connectivity index (χ1) is 14.4. The molecular formula is C25H32O5. The zero-order chi connectivity index (χ0) is 21.6. The first kappa shape index (κ1) is 22.5. The first-order valence-corrected chi connectivity index (χ1v) is 10.5. The molecule has 5 nitrogen and oxygen atoms in total. The summed E-state index contributed by atoms with van der Waals surface area (Å²) in [7, 11) is 1.40. The normalized spacial score (nSPS) is 24.4. The molecule has 162 valence electrons. The van der Waals surface area contributed by atoms with E-state index < -0.39 is 11.5 Å². The van der Waals surface area contributed by atoms with E-state index >= 15 is 0 Å². The van der Waals surface area contributed by atoms with Crippen molar-refractivity contribution in [2.24, 2.45) is 5.41 Å². The molecule has 1 saturated heterocycles. The molecule has 5 heteroatoms. The fraction of sp³-hybridized carbons (Fsp3) is 0.480. The molecule has 0 spiro atoms. The Kier molecular flexibility index (Phi) is 7.64. The van der Waals surface area contributed by atoms with Crippen LogP contribution in [0.15, 0.2) is 60.7 Å². The third-order valence-corrected chi connectivity index (χ3v) is 5.72. The third kappa shape index (κ3) is 5.48. The SMILES string of the molecule is COC(=O)C(C)(C)[C@@H]1O[C@H](C)[C@@H](OCc2ccccc2)C[C@H]1OCc1ccccc1. The number of rotatable bonds is 8. The number of esters is 1. The molecule has 0 bridgehead atoms. The molecule has 0 N–H and O–H groups in total. The minimum absolute atomic E-state index is 0.129. The topological polar surface area (TPSA) is 54.0 Å². The lowest BCUT2D eigenvalue weighted by Crippen LogP contribution is -2.56. The molecule has 30 heavy (non-hydrogen) atoms. The van der Waals surface area contributed by atoms with Crippen LogP contribution in [0.4, 0.5) is 0 Å². The molecule has 0 aromatic heterocycles. The van der Waals surface area contributed by atoms with Gasteiger partial charge in [0, 0.05) is 6.42 Å². The van der Waals surface area contributed by atoms with Crippen molar-refractivity contribution in [3.05, 3.63) is 71.8 Å². The molecule has 0 amide bonds. The molecular weight excluding hydrogens is 380 g/mol. The van der Waals surface area contributed by atoms with Crippen LogP contribution in [0.25, 0.3) is 0 Å². The highest BCUT2D eigenvalue weighted by Gasteiger charge is 2.49. The van der Waals surface area contributed by atoms with Gasteiger partial charge in [-0.1, -0.05) is 60.7 Å². The zero-order valence-electron chi connectivity index (χ0n) is 18.2. The summed E-state index contributed by atoms with van der Waals surface area (Å²) >= 11 is 0. The maximum Gasteiger partial charge on any atom is 0.313 e. The minimum atomic E-state index is -0.839. The van der Waals surface area contributed by atoms with E-state index in [1.54, 1.807) is 0 Å². The molecule has 2 aromatic rings. The largest absolute Gasteiger partial charge is 0.469 e. The van der Waals surface area contributed by atoms with Gasteiger partial charge in [-0.05, 0) is 31.9 Å². The number of methoxy groups -OCH3 is 1. The van der Waals surface area contributed by atoms with Crippen LogP contribution in [-0.4, -0.2) is 37.5 Å². The van der Waals surface area contributed by atoms with E-state index in [1.165, 1.54) is 7.11 Å². The van der Waals surface area contributed by atoms with E-state index in [1.807, 2.05) is 81.4 Å². The third-order valence-electron chi connectivity index (χ3n) is 5.72. The second-order valence-electron chi connectivity index (χ2n) is 8.38. The van der Waals surface area contributed by atoms with Gasteiger partial charge >= 0.3 is 5.97 Å². The maximum atomic E-state index is 12.5. The summed E-state index contributed by atoms with van der Waals surface area (Å²) in [6.07, 6.45) is -0.377. The molecule has 0 unspecified atom stereocenters. The molecule has 2 aromatic carbocycles. The fourth-order valence-electron chi connectivity index (χ4n) is 3.88. The lowest BCUT2D eigenvalue weighted by molar-refractivity contribution is -0.228. The van der Waals surface area contributed by atoms with Crippen molar-refractivity contribution in [2.45, 2.75) is 64.8 Å². The van der Waals surface area contributed by atoms with Crippen molar-refractivity contribution in [3.63, 3.8) is 0 Å². The molecule has 1 aliphatic rings. The zero-order valence-corrected chi connectivity index (χ0v) is 18.2. The van der Waals surface area contributed by atoms with Crippen molar-refractivity contribution >= 4 is 5.97 Å². The van der Waals surface area contributed by atoms with Gasteiger partial charge in [0.15, 0.2) is 0 Å². The number of benzene rings is 2. The Morgan fingerprint density at radius 3 is 1.93 bits per heavy atom. The summed E-state index contributed by atoms with van der Waals surface area (Å²) in [4.78, 5) is 12.5. The Morgan fingerprint density at radius 1 is 0.933 bits per heavy atom. The quantitative estimate of drug-likeness (QED) is 0.596. The van der Waals surface area contributed by atoms with Gasteiger partial charge in [0.1, 0.15) is 0 Å². The van der Waals surface area contributed by atoms with Gasteiger partial charge in [-0.15, -0.1) is 0 Å². The van der Waals surface area contributed by atoms with Crippen LogP contribution in [0.1, 0.15) is 38.3 Å². The average molecular weight is 413 g/mol. The van der Waals surface area contributed by atoms with E-state index in [4.69, 9.17) is 18.9 Å². The van der Waals surface area contributed by atoms with Crippen LogP contribution in [0.5, 0.6) is 0 Å². The summed E-state index contributed by atoms with van der Waals surface area (Å²) in [5.41, 5.74) is 1.35. The van der Waals surface area contributed by atoms with Crippen molar-refractivity contribution < 1.29 is 23.7 Å². The van der Waals surface area contributed by atoms with Crippen molar-refractivity contribution in [2.75, 3.05) is 7.11 Å². The summed E-state index contributed by atoms with van der Waals surface area (Å²) in [6.45, 7) is 6.64. The van der Waals surface area contributed by atoms with Gasteiger partial charge < -0.3 is 18.9 Å². The lowest BCUT2D eigenvalue weighted by atomic mass is 9.79. The van der Waals surface area contributed by atoms with Gasteiger partial charge in [-0.25, -0.2) is 0 Å². The highest BCUT2D eigenvalue weighted by atomic mass is 16.6. The maximum absolute atomic E-state index is 12.5. The number of carbonyl (C=O) groups excluding carboxylic acids is 1. The molecule has 0 aliphatic carbocycles. The number of hydrogen-bond donors (Lipinski definition) is 0. The number of hydrogen-bond acceptors (Lipinski definition) is 5. The molecule has 0 saturated carbocycles. The van der Waals surface area contributed by atoms with Gasteiger partial charge in [0.2, 0.25) is 0 Å². The van der Waals surface area contributed by atoms with Gasteiger partial charge in [-0.2, -0.15) is 0 Å². The lowest BCUT2D eigenvalue weighted by Gasteiger charge is -2.45. The second-order valence-corrected chi connectivity index (χ2v) is 8.38. The number of carbonyl (C=O) groups is 1. The van der Waals surface area contributed by atoms with Crippen LogP contribution in [0, 0.1) is 5.41 Å². The van der Waals surface area contributed by atoms with Gasteiger partial charge in [0.25, 0.3) is 0 Å². The summed E-state index contributed by atoms with van der Waals surface area (Å²) in [5.74, 6) is -0.309. The Labute approximate surface area is 179 Å². The van der Waals surface area contributed by atoms with Crippen molar-refractivity contribution in [3.8, 4) is 0 Å². The highest BCUT2D eigenvalue weighted by molar-refractivity contribution is 5.76. The molecule has 0 radical (unpaired) electrons. The van der Waals surface area contributed by atoms with Crippen LogP contribution < -0.4 is 0 Å². The fourth-order valence-corrected chi connectivity index (χ4v) is 3.88. The monoisotopic (exact) mass is 412 g/mol. The highest BCUT2D eigenvalue weighted by Crippen LogP contribution is 2.37. The molecule has 1 heterocycles. The Bertz CT molecular complexity index is 790. The Morgan fingerprint density at radius 2 is 1.43 bits per heavy atom. The van der Waals surface area contributed by atoms with E-state index in [-0.39, 0.29) is 24.3 Å². The standard InChI is InChI=1S/C25H32O5/c1-18-21(28-16-19-11-7-5-8-12-19)15-22(29-17-20-13-9-6-10-14-20)23(30-18)25(2,3)24(26)27-4/h5-14,18,21-23H,15-17H2,1-4H3/t18-,21+,22-,23-/m1/s1. The molecule has 4 atom stereocenters. The molecule has 3 rings (SSSR count). The van der Waals surface area contributed by atoms with Crippen LogP contribution in [0.2, 0.25) is 0 Å². The molecule has 1 aliphatic heterocycles. The first-order valence-electron chi connectivity index (χ1n) is 10.5. The van der Waals surface area contributed by atoms with Crippen molar-refractivity contribution in [1.82, 2.24) is 0 Å². The Balaban J connectivity index is 1.73.